The zero-order chi connectivity index (χ0) is 15.2. The van der Waals surface area contributed by atoms with E-state index in [2.05, 4.69) is 20.9 Å². The molecule has 2 atom stereocenters. The van der Waals surface area contributed by atoms with Crippen LogP contribution in [0.4, 0.5) is 5.82 Å². The van der Waals surface area contributed by atoms with Gasteiger partial charge in [-0.1, -0.05) is 0 Å². The summed E-state index contributed by atoms with van der Waals surface area (Å²) in [7, 11) is 1.97. The average molecular weight is 290 g/mol. The van der Waals surface area contributed by atoms with Gasteiger partial charge in [-0.3, -0.25) is 0 Å². The Kier molecular flexibility index (Phi) is 5.51. The van der Waals surface area contributed by atoms with Gasteiger partial charge in [0, 0.05) is 44.9 Å². The molecule has 114 valence electrons. The second-order valence-electron chi connectivity index (χ2n) is 5.61. The number of rotatable bonds is 6. The lowest BCUT2D eigenvalue weighted by Gasteiger charge is -2.23. The second-order valence-corrected chi connectivity index (χ2v) is 5.61. The van der Waals surface area contributed by atoms with Gasteiger partial charge in [0.2, 0.25) is 0 Å². The maximum absolute atomic E-state index is 9.58. The predicted molar refractivity (Wildman–Crippen MR) is 79.8 cm³/mol. The first-order chi connectivity index (χ1) is 10.2. The molecule has 0 aromatic carbocycles. The fraction of sp³-hybridized carbons (Fsp3) is 0.600. The molecular weight excluding hydrogens is 268 g/mol. The second kappa shape index (κ2) is 7.36. The Bertz CT molecular complexity index is 503. The van der Waals surface area contributed by atoms with Crippen LogP contribution in [0.25, 0.3) is 0 Å². The lowest BCUT2D eigenvalue weighted by molar-refractivity contribution is 0.160. The molecular formula is C15H22N4O2. The summed E-state index contributed by atoms with van der Waals surface area (Å²) in [4.78, 5) is 8.53. The summed E-state index contributed by atoms with van der Waals surface area (Å²) < 4.78 is 0. The highest BCUT2D eigenvalue weighted by atomic mass is 16.3. The maximum Gasteiger partial charge on any atom is 0.129 e. The first-order valence-corrected chi connectivity index (χ1v) is 7.19. The molecule has 2 N–H and O–H groups in total. The lowest BCUT2D eigenvalue weighted by Crippen LogP contribution is -2.33. The van der Waals surface area contributed by atoms with Crippen LogP contribution in [0.5, 0.6) is 0 Å². The van der Waals surface area contributed by atoms with Gasteiger partial charge in [0.05, 0.1) is 18.2 Å². The first-order valence-electron chi connectivity index (χ1n) is 7.19. The van der Waals surface area contributed by atoms with E-state index in [-0.39, 0.29) is 19.1 Å². The van der Waals surface area contributed by atoms with Crippen LogP contribution in [-0.2, 0) is 0 Å². The molecule has 0 spiro atoms. The van der Waals surface area contributed by atoms with E-state index in [1.807, 2.05) is 7.05 Å². The molecule has 21 heavy (non-hydrogen) atoms. The van der Waals surface area contributed by atoms with Gasteiger partial charge >= 0.3 is 0 Å². The van der Waals surface area contributed by atoms with Crippen molar-refractivity contribution in [2.24, 2.45) is 11.8 Å². The molecule has 6 nitrogen and oxygen atoms in total. The van der Waals surface area contributed by atoms with Crippen LogP contribution in [0.2, 0.25) is 0 Å². The van der Waals surface area contributed by atoms with E-state index in [1.54, 1.807) is 18.3 Å². The molecule has 0 saturated carbocycles. The Morgan fingerprint density at radius 3 is 2.86 bits per heavy atom. The minimum atomic E-state index is 0.141. The predicted octanol–water partition coefficient (Wildman–Crippen LogP) is -0.0779. The Balaban J connectivity index is 2.05. The molecule has 2 rings (SSSR count). The van der Waals surface area contributed by atoms with Gasteiger partial charge in [0.1, 0.15) is 5.82 Å². The number of nitrogens with zero attached hydrogens (tertiary/aromatic N) is 4. The molecule has 2 heterocycles. The Labute approximate surface area is 125 Å². The van der Waals surface area contributed by atoms with Crippen molar-refractivity contribution in [2.45, 2.75) is 0 Å². The molecule has 0 radical (unpaired) electrons. The number of anilines is 1. The van der Waals surface area contributed by atoms with Gasteiger partial charge in [-0.15, -0.1) is 0 Å². The molecule has 0 amide bonds. The van der Waals surface area contributed by atoms with Crippen molar-refractivity contribution in [2.75, 3.05) is 51.3 Å². The van der Waals surface area contributed by atoms with E-state index < -0.39 is 0 Å². The molecule has 0 bridgehead atoms. The molecule has 1 aromatic rings. The summed E-state index contributed by atoms with van der Waals surface area (Å²) in [6.45, 7) is 3.31. The molecule has 0 aliphatic carbocycles. The van der Waals surface area contributed by atoms with Crippen LogP contribution < -0.4 is 4.90 Å². The number of hydrogen-bond donors (Lipinski definition) is 2. The van der Waals surface area contributed by atoms with E-state index in [9.17, 15) is 5.11 Å². The van der Waals surface area contributed by atoms with Gasteiger partial charge in [0.25, 0.3) is 0 Å². The number of aromatic nitrogens is 1. The zero-order valence-corrected chi connectivity index (χ0v) is 12.3. The van der Waals surface area contributed by atoms with Gasteiger partial charge in [0.15, 0.2) is 0 Å². The number of hydrogen-bond acceptors (Lipinski definition) is 6. The van der Waals surface area contributed by atoms with E-state index in [4.69, 9.17) is 10.4 Å². The number of aliphatic hydroxyl groups excluding tert-OH is 2. The largest absolute Gasteiger partial charge is 0.396 e. The topological polar surface area (TPSA) is 83.6 Å². The van der Waals surface area contributed by atoms with Crippen LogP contribution in [-0.4, -0.2) is 66.5 Å². The van der Waals surface area contributed by atoms with Crippen LogP contribution in [0.1, 0.15) is 5.56 Å². The molecule has 1 aliphatic heterocycles. The van der Waals surface area contributed by atoms with E-state index in [0.717, 1.165) is 25.5 Å². The summed E-state index contributed by atoms with van der Waals surface area (Å²) in [6, 6.07) is 5.60. The van der Waals surface area contributed by atoms with Crippen LogP contribution in [0, 0.1) is 23.2 Å². The minimum absolute atomic E-state index is 0.141. The Hall–Kier alpha value is -1.68. The summed E-state index contributed by atoms with van der Waals surface area (Å²) >= 11 is 0. The van der Waals surface area contributed by atoms with Crippen molar-refractivity contribution in [3.63, 3.8) is 0 Å². The SMILES string of the molecule is CN(CCO)C[C@@H]1CN(c2cc(C#N)ccn2)C[C@@H]1CO. The van der Waals surface area contributed by atoms with E-state index >= 15 is 0 Å². The quantitative estimate of drug-likeness (QED) is 0.762. The monoisotopic (exact) mass is 290 g/mol. The first kappa shape index (κ1) is 15.7. The van der Waals surface area contributed by atoms with Gasteiger partial charge < -0.3 is 20.0 Å². The van der Waals surface area contributed by atoms with Crippen molar-refractivity contribution < 1.29 is 10.2 Å². The van der Waals surface area contributed by atoms with Crippen LogP contribution in [0.15, 0.2) is 18.3 Å². The third-order valence-electron chi connectivity index (χ3n) is 4.04. The summed E-state index contributed by atoms with van der Waals surface area (Å²) in [5.74, 6) is 1.32. The molecule has 6 heteroatoms. The van der Waals surface area contributed by atoms with E-state index in [1.165, 1.54) is 0 Å². The van der Waals surface area contributed by atoms with Crippen LogP contribution >= 0.6 is 0 Å². The lowest BCUT2D eigenvalue weighted by atomic mass is 9.96. The zero-order valence-electron chi connectivity index (χ0n) is 12.3. The highest BCUT2D eigenvalue weighted by Gasteiger charge is 2.33. The molecule has 1 aromatic heterocycles. The molecule has 1 fully saturated rings. The summed E-state index contributed by atoms with van der Waals surface area (Å²) in [5.41, 5.74) is 0.599. The van der Waals surface area contributed by atoms with Gasteiger partial charge in [-0.25, -0.2) is 4.98 Å². The summed E-state index contributed by atoms with van der Waals surface area (Å²) in [6.07, 6.45) is 1.65. The third-order valence-corrected chi connectivity index (χ3v) is 4.04. The normalized spacial score (nSPS) is 21.8. The minimum Gasteiger partial charge on any atom is -0.396 e. The Morgan fingerprint density at radius 2 is 2.19 bits per heavy atom. The Morgan fingerprint density at radius 1 is 1.43 bits per heavy atom. The summed E-state index contributed by atoms with van der Waals surface area (Å²) in [5, 5.41) is 27.5. The van der Waals surface area contributed by atoms with E-state index in [0.29, 0.717) is 18.0 Å². The number of pyridine rings is 1. The maximum atomic E-state index is 9.58. The van der Waals surface area contributed by atoms with Gasteiger partial charge in [-0.2, -0.15) is 5.26 Å². The molecule has 1 aliphatic rings. The number of likely N-dealkylation sites (N-methyl/N-ethyl adjacent to an activating group) is 1. The van der Waals surface area contributed by atoms with Crippen molar-refractivity contribution in [3.8, 4) is 6.07 Å². The standard InChI is InChI=1S/C15H22N4O2/c1-18(4-5-20)8-13-9-19(10-14(13)11-21)15-6-12(7-16)2-3-17-15/h2-3,6,13-14,20-21H,4-5,8-11H2,1H3/t13-,14-/m1/s1. The van der Waals surface area contributed by atoms with Crippen molar-refractivity contribution in [1.29, 1.82) is 5.26 Å². The van der Waals surface area contributed by atoms with Crippen molar-refractivity contribution in [3.05, 3.63) is 23.9 Å². The third kappa shape index (κ3) is 3.91. The number of nitriles is 1. The van der Waals surface area contributed by atoms with Gasteiger partial charge in [-0.05, 0) is 25.1 Å². The van der Waals surface area contributed by atoms with Crippen molar-refractivity contribution >= 4 is 5.82 Å². The number of aliphatic hydroxyl groups is 2. The average Bonchev–Trinajstić information content (AvgIpc) is 2.90. The molecule has 0 unspecified atom stereocenters. The van der Waals surface area contributed by atoms with Crippen LogP contribution in [0.3, 0.4) is 0 Å². The highest BCUT2D eigenvalue weighted by molar-refractivity contribution is 5.46. The van der Waals surface area contributed by atoms with Crippen molar-refractivity contribution in [1.82, 2.24) is 9.88 Å². The smallest absolute Gasteiger partial charge is 0.129 e. The fourth-order valence-corrected chi connectivity index (χ4v) is 2.86. The fourth-order valence-electron chi connectivity index (χ4n) is 2.86. The molecule has 1 saturated heterocycles. The highest BCUT2D eigenvalue weighted by Crippen LogP contribution is 2.27.